The van der Waals surface area contributed by atoms with Crippen molar-refractivity contribution in [3.8, 4) is 0 Å². The van der Waals surface area contributed by atoms with E-state index >= 15 is 0 Å². The van der Waals surface area contributed by atoms with Gasteiger partial charge in [-0.05, 0) is 60.7 Å². The Morgan fingerprint density at radius 2 is 1.76 bits per heavy atom. The number of rotatable bonds is 4. The molecule has 1 saturated heterocycles. The van der Waals surface area contributed by atoms with Gasteiger partial charge in [-0.3, -0.25) is 24.1 Å². The van der Waals surface area contributed by atoms with E-state index in [2.05, 4.69) is 10.6 Å². The number of thiophene rings is 1. The molecule has 3 aromatic rings. The predicted molar refractivity (Wildman–Crippen MR) is 130 cm³/mol. The van der Waals surface area contributed by atoms with Crippen LogP contribution in [0.2, 0.25) is 0 Å². The Labute approximate surface area is 200 Å². The zero-order chi connectivity index (χ0) is 23.7. The van der Waals surface area contributed by atoms with Crippen LogP contribution in [-0.4, -0.2) is 47.7 Å². The second kappa shape index (κ2) is 9.11. The van der Waals surface area contributed by atoms with Crippen molar-refractivity contribution >= 4 is 52.0 Å². The monoisotopic (exact) mass is 474 g/mol. The molecule has 9 heteroatoms. The van der Waals surface area contributed by atoms with E-state index in [9.17, 15) is 19.2 Å². The summed E-state index contributed by atoms with van der Waals surface area (Å²) in [6.07, 6.45) is 1.38. The molecule has 3 heterocycles. The Kier molecular flexibility index (Phi) is 5.85. The fourth-order valence-corrected chi connectivity index (χ4v) is 5.00. The highest BCUT2D eigenvalue weighted by Crippen LogP contribution is 2.30. The van der Waals surface area contributed by atoms with Crippen LogP contribution in [0.25, 0.3) is 0 Å². The van der Waals surface area contributed by atoms with Crippen LogP contribution < -0.4 is 15.5 Å². The van der Waals surface area contributed by atoms with Crippen LogP contribution in [0.1, 0.15) is 32.9 Å². The average molecular weight is 475 g/mol. The number of nitrogens with one attached hydrogen (secondary N) is 2. The highest BCUT2D eigenvalue weighted by molar-refractivity contribution is 7.12. The molecule has 1 aromatic heterocycles. The summed E-state index contributed by atoms with van der Waals surface area (Å²) < 4.78 is 0. The number of amides is 4. The molecule has 0 saturated carbocycles. The summed E-state index contributed by atoms with van der Waals surface area (Å²) in [6, 6.07) is 16.7. The molecule has 0 radical (unpaired) electrons. The number of anilines is 3. The van der Waals surface area contributed by atoms with E-state index in [-0.39, 0.29) is 30.2 Å². The van der Waals surface area contributed by atoms with Gasteiger partial charge < -0.3 is 15.5 Å². The highest BCUT2D eigenvalue weighted by atomic mass is 32.1. The molecule has 2 aliphatic rings. The number of carbonyl (C=O) groups is 4. The largest absolute Gasteiger partial charge is 0.326 e. The standard InChI is InChI=1S/C25H22N4O4S/c30-22-15-29(19-6-2-1-5-18(19)27-22)24(32)16-9-11-17(12-10-16)26-23(31)20-7-3-13-28(20)25(33)21-8-4-14-34-21/h1-2,4-6,8-12,14,20H,3,7,13,15H2,(H,26,31)(H,27,30)/t20-/m0/s1. The normalized spacial score (nSPS) is 17.2. The Morgan fingerprint density at radius 1 is 0.971 bits per heavy atom. The van der Waals surface area contributed by atoms with Gasteiger partial charge in [-0.15, -0.1) is 11.3 Å². The van der Waals surface area contributed by atoms with Gasteiger partial charge in [-0.1, -0.05) is 18.2 Å². The average Bonchev–Trinajstić information content (AvgIpc) is 3.56. The van der Waals surface area contributed by atoms with Crippen LogP contribution in [0.4, 0.5) is 17.1 Å². The quantitative estimate of drug-likeness (QED) is 0.604. The second-order valence-electron chi connectivity index (χ2n) is 8.16. The molecule has 0 unspecified atom stereocenters. The molecule has 2 N–H and O–H groups in total. The van der Waals surface area contributed by atoms with Gasteiger partial charge >= 0.3 is 0 Å². The van der Waals surface area contributed by atoms with Crippen molar-refractivity contribution < 1.29 is 19.2 Å². The first-order valence-corrected chi connectivity index (χ1v) is 11.9. The second-order valence-corrected chi connectivity index (χ2v) is 9.10. The van der Waals surface area contributed by atoms with Crippen molar-refractivity contribution in [2.24, 2.45) is 0 Å². The summed E-state index contributed by atoms with van der Waals surface area (Å²) in [5, 5.41) is 7.47. The minimum Gasteiger partial charge on any atom is -0.326 e. The number of para-hydroxylation sites is 2. The Balaban J connectivity index is 1.27. The number of likely N-dealkylation sites (tertiary alicyclic amines) is 1. The van der Waals surface area contributed by atoms with E-state index in [1.54, 1.807) is 53.4 Å². The maximum atomic E-state index is 13.1. The first kappa shape index (κ1) is 21.8. The minimum absolute atomic E-state index is 0.0654. The molecule has 1 atom stereocenters. The Bertz CT molecular complexity index is 1260. The molecule has 172 valence electrons. The van der Waals surface area contributed by atoms with Gasteiger partial charge in [0.05, 0.1) is 16.3 Å². The Morgan fingerprint density at radius 3 is 2.53 bits per heavy atom. The molecular weight excluding hydrogens is 452 g/mol. The van der Waals surface area contributed by atoms with E-state index < -0.39 is 6.04 Å². The first-order valence-electron chi connectivity index (χ1n) is 11.0. The topological polar surface area (TPSA) is 98.8 Å². The van der Waals surface area contributed by atoms with Crippen molar-refractivity contribution in [2.75, 3.05) is 28.6 Å². The lowest BCUT2D eigenvalue weighted by atomic mass is 10.1. The van der Waals surface area contributed by atoms with Gasteiger partial charge in [0.2, 0.25) is 11.8 Å². The molecular formula is C25H22N4O4S. The smallest absolute Gasteiger partial charge is 0.264 e. The summed E-state index contributed by atoms with van der Waals surface area (Å²) in [7, 11) is 0. The van der Waals surface area contributed by atoms with Gasteiger partial charge in [0, 0.05) is 17.8 Å². The predicted octanol–water partition coefficient (Wildman–Crippen LogP) is 3.59. The number of benzene rings is 2. The highest BCUT2D eigenvalue weighted by Gasteiger charge is 2.35. The lowest BCUT2D eigenvalue weighted by Gasteiger charge is -2.29. The van der Waals surface area contributed by atoms with Gasteiger partial charge in [0.25, 0.3) is 11.8 Å². The number of carbonyl (C=O) groups excluding carboxylic acids is 4. The Hall–Kier alpha value is -3.98. The summed E-state index contributed by atoms with van der Waals surface area (Å²) >= 11 is 1.36. The molecule has 0 bridgehead atoms. The van der Waals surface area contributed by atoms with Crippen LogP contribution in [0.15, 0.2) is 66.0 Å². The SMILES string of the molecule is O=C1CN(C(=O)c2ccc(NC(=O)[C@@H]3CCCN3C(=O)c3cccs3)cc2)c2ccccc2N1. The van der Waals surface area contributed by atoms with E-state index in [1.807, 2.05) is 17.5 Å². The number of hydrogen-bond donors (Lipinski definition) is 2. The third-order valence-electron chi connectivity index (χ3n) is 5.96. The third kappa shape index (κ3) is 4.17. The maximum Gasteiger partial charge on any atom is 0.264 e. The van der Waals surface area contributed by atoms with E-state index in [1.165, 1.54) is 16.2 Å². The molecule has 2 aromatic carbocycles. The van der Waals surface area contributed by atoms with Gasteiger partial charge in [0.1, 0.15) is 12.6 Å². The minimum atomic E-state index is -0.528. The fourth-order valence-electron chi connectivity index (χ4n) is 4.32. The van der Waals surface area contributed by atoms with Crippen LogP contribution >= 0.6 is 11.3 Å². The van der Waals surface area contributed by atoms with Crippen molar-refractivity contribution in [1.82, 2.24) is 4.90 Å². The molecule has 5 rings (SSSR count). The summed E-state index contributed by atoms with van der Waals surface area (Å²) in [5.74, 6) is -0.930. The number of hydrogen-bond acceptors (Lipinski definition) is 5. The lowest BCUT2D eigenvalue weighted by molar-refractivity contribution is -0.119. The lowest BCUT2D eigenvalue weighted by Crippen LogP contribution is -2.43. The summed E-state index contributed by atoms with van der Waals surface area (Å²) in [6.45, 7) is 0.483. The fraction of sp³-hybridized carbons (Fsp3) is 0.200. The zero-order valence-corrected chi connectivity index (χ0v) is 19.0. The maximum absolute atomic E-state index is 13.1. The molecule has 34 heavy (non-hydrogen) atoms. The molecule has 2 aliphatic heterocycles. The molecule has 0 spiro atoms. The van der Waals surface area contributed by atoms with Crippen LogP contribution in [0, 0.1) is 0 Å². The van der Waals surface area contributed by atoms with Crippen molar-refractivity contribution in [3.63, 3.8) is 0 Å². The first-order chi connectivity index (χ1) is 16.5. The van der Waals surface area contributed by atoms with E-state index in [0.717, 1.165) is 6.42 Å². The van der Waals surface area contributed by atoms with Crippen LogP contribution in [-0.2, 0) is 9.59 Å². The van der Waals surface area contributed by atoms with Gasteiger partial charge in [-0.25, -0.2) is 0 Å². The summed E-state index contributed by atoms with van der Waals surface area (Å²) in [5.41, 5.74) is 2.17. The number of fused-ring (bicyclic) bond motifs is 1. The van der Waals surface area contributed by atoms with E-state index in [0.29, 0.717) is 40.5 Å². The van der Waals surface area contributed by atoms with Gasteiger partial charge in [-0.2, -0.15) is 0 Å². The molecule has 4 amide bonds. The zero-order valence-electron chi connectivity index (χ0n) is 18.2. The molecule has 1 fully saturated rings. The third-order valence-corrected chi connectivity index (χ3v) is 6.82. The van der Waals surface area contributed by atoms with Crippen LogP contribution in [0.3, 0.4) is 0 Å². The van der Waals surface area contributed by atoms with Crippen molar-refractivity contribution in [3.05, 3.63) is 76.5 Å². The van der Waals surface area contributed by atoms with Gasteiger partial charge in [0.15, 0.2) is 0 Å². The molecule has 8 nitrogen and oxygen atoms in total. The number of nitrogens with zero attached hydrogens (tertiary/aromatic N) is 2. The van der Waals surface area contributed by atoms with Crippen molar-refractivity contribution in [2.45, 2.75) is 18.9 Å². The van der Waals surface area contributed by atoms with Crippen molar-refractivity contribution in [1.29, 1.82) is 0 Å². The molecule has 0 aliphatic carbocycles. The van der Waals surface area contributed by atoms with Crippen LogP contribution in [0.5, 0.6) is 0 Å². The summed E-state index contributed by atoms with van der Waals surface area (Å²) in [4.78, 5) is 54.5. The van der Waals surface area contributed by atoms with E-state index in [4.69, 9.17) is 0 Å².